The second-order valence-electron chi connectivity index (χ2n) is 4.57. The molecule has 0 saturated heterocycles. The second-order valence-corrected chi connectivity index (χ2v) is 4.57. The quantitative estimate of drug-likeness (QED) is 0.799. The number of aromatic amines is 1. The lowest BCUT2D eigenvalue weighted by molar-refractivity contribution is 0.358. The van der Waals surface area contributed by atoms with Crippen LogP contribution in [-0.4, -0.2) is 33.4 Å². The van der Waals surface area contributed by atoms with Crippen LogP contribution in [0.2, 0.25) is 0 Å². The van der Waals surface area contributed by atoms with E-state index in [0.29, 0.717) is 11.5 Å². The van der Waals surface area contributed by atoms with Crippen molar-refractivity contribution < 1.29 is 18.9 Å². The average molecular weight is 287 g/mol. The first-order valence-electron chi connectivity index (χ1n) is 6.52. The Morgan fingerprint density at radius 3 is 1.90 bits per heavy atom. The van der Waals surface area contributed by atoms with Gasteiger partial charge in [0.25, 0.3) is 0 Å². The minimum Gasteiger partial charge on any atom is -0.496 e. The predicted molar refractivity (Wildman–Crippen MR) is 82.0 cm³/mol. The first-order valence-corrected chi connectivity index (χ1v) is 6.52. The summed E-state index contributed by atoms with van der Waals surface area (Å²) in [7, 11) is 6.54. The fourth-order valence-electron chi connectivity index (χ4n) is 2.68. The van der Waals surface area contributed by atoms with Gasteiger partial charge in [0, 0.05) is 5.39 Å². The van der Waals surface area contributed by atoms with Gasteiger partial charge in [0.2, 0.25) is 0 Å². The molecule has 5 nitrogen and oxygen atoms in total. The molecule has 0 atom stereocenters. The number of aromatic nitrogens is 1. The number of benzene rings is 2. The summed E-state index contributed by atoms with van der Waals surface area (Å²) in [6.07, 6.45) is 0. The lowest BCUT2D eigenvalue weighted by Crippen LogP contribution is -1.90. The predicted octanol–water partition coefficient (Wildman–Crippen LogP) is 3.36. The fraction of sp³-hybridized carbons (Fsp3) is 0.250. The van der Waals surface area contributed by atoms with Gasteiger partial charge in [0.15, 0.2) is 11.5 Å². The highest BCUT2D eigenvalue weighted by atomic mass is 16.5. The Morgan fingerprint density at radius 1 is 0.667 bits per heavy atom. The Bertz CT molecular complexity index is 807. The summed E-state index contributed by atoms with van der Waals surface area (Å²) in [5.41, 5.74) is 1.73. The Hall–Kier alpha value is -2.56. The molecule has 1 N–H and O–H groups in total. The lowest BCUT2D eigenvalue weighted by atomic mass is 10.1. The van der Waals surface area contributed by atoms with E-state index in [4.69, 9.17) is 18.9 Å². The molecule has 0 unspecified atom stereocenters. The third-order valence-electron chi connectivity index (χ3n) is 3.63. The number of hydrogen-bond donors (Lipinski definition) is 1. The van der Waals surface area contributed by atoms with Gasteiger partial charge in [-0.05, 0) is 24.3 Å². The molecule has 0 aliphatic carbocycles. The van der Waals surface area contributed by atoms with Gasteiger partial charge < -0.3 is 23.9 Å². The largest absolute Gasteiger partial charge is 0.496 e. The minimum atomic E-state index is 0.662. The molecule has 0 radical (unpaired) electrons. The van der Waals surface area contributed by atoms with Gasteiger partial charge >= 0.3 is 0 Å². The van der Waals surface area contributed by atoms with Crippen LogP contribution in [-0.2, 0) is 0 Å². The molecule has 5 heteroatoms. The van der Waals surface area contributed by atoms with Crippen LogP contribution in [0.15, 0.2) is 24.3 Å². The van der Waals surface area contributed by atoms with Crippen LogP contribution >= 0.6 is 0 Å². The molecule has 0 aliphatic heterocycles. The van der Waals surface area contributed by atoms with Crippen molar-refractivity contribution in [2.45, 2.75) is 0 Å². The van der Waals surface area contributed by atoms with Crippen LogP contribution in [0.5, 0.6) is 23.0 Å². The van der Waals surface area contributed by atoms with Crippen LogP contribution in [0, 0.1) is 0 Å². The van der Waals surface area contributed by atoms with E-state index in [2.05, 4.69) is 4.98 Å². The first kappa shape index (κ1) is 13.4. The van der Waals surface area contributed by atoms with Crippen molar-refractivity contribution in [3.63, 3.8) is 0 Å². The molecule has 0 saturated carbocycles. The van der Waals surface area contributed by atoms with E-state index >= 15 is 0 Å². The summed E-state index contributed by atoms with van der Waals surface area (Å²) >= 11 is 0. The molecule has 0 bridgehead atoms. The van der Waals surface area contributed by atoms with Crippen molar-refractivity contribution in [1.29, 1.82) is 0 Å². The maximum Gasteiger partial charge on any atom is 0.184 e. The zero-order valence-corrected chi connectivity index (χ0v) is 12.4. The smallest absolute Gasteiger partial charge is 0.184 e. The standard InChI is InChI=1S/C16H17NO4/c1-18-10-7-8-11(19-2)15-13(10)9-5-6-12(20-3)16(21-4)14(9)17-15/h5-8,17H,1-4H3. The summed E-state index contributed by atoms with van der Waals surface area (Å²) in [6, 6.07) is 7.64. The highest BCUT2D eigenvalue weighted by molar-refractivity contribution is 6.14. The average Bonchev–Trinajstić information content (AvgIpc) is 2.92. The number of rotatable bonds is 4. The summed E-state index contributed by atoms with van der Waals surface area (Å²) in [5.74, 6) is 2.87. The van der Waals surface area contributed by atoms with Gasteiger partial charge in [0.1, 0.15) is 11.5 Å². The molecule has 0 spiro atoms. The number of methoxy groups -OCH3 is 4. The summed E-state index contributed by atoms with van der Waals surface area (Å²) in [4.78, 5) is 3.36. The zero-order chi connectivity index (χ0) is 15.0. The molecular formula is C16H17NO4. The summed E-state index contributed by atoms with van der Waals surface area (Å²) in [5, 5.41) is 1.96. The molecule has 0 fully saturated rings. The van der Waals surface area contributed by atoms with Gasteiger partial charge in [-0.2, -0.15) is 0 Å². The van der Waals surface area contributed by atoms with Crippen molar-refractivity contribution in [3.8, 4) is 23.0 Å². The first-order chi connectivity index (χ1) is 10.2. The van der Waals surface area contributed by atoms with Crippen LogP contribution in [0.1, 0.15) is 0 Å². The van der Waals surface area contributed by atoms with Crippen LogP contribution in [0.3, 0.4) is 0 Å². The van der Waals surface area contributed by atoms with E-state index in [-0.39, 0.29) is 0 Å². The Morgan fingerprint density at radius 2 is 1.29 bits per heavy atom. The highest BCUT2D eigenvalue weighted by Gasteiger charge is 2.18. The van der Waals surface area contributed by atoms with E-state index in [0.717, 1.165) is 33.3 Å². The number of H-pyrrole nitrogens is 1. The van der Waals surface area contributed by atoms with Gasteiger partial charge in [-0.15, -0.1) is 0 Å². The van der Waals surface area contributed by atoms with Crippen molar-refractivity contribution in [2.75, 3.05) is 28.4 Å². The highest BCUT2D eigenvalue weighted by Crippen LogP contribution is 2.43. The van der Waals surface area contributed by atoms with Crippen molar-refractivity contribution in [3.05, 3.63) is 24.3 Å². The van der Waals surface area contributed by atoms with Gasteiger partial charge in [-0.3, -0.25) is 0 Å². The molecule has 2 aromatic carbocycles. The van der Waals surface area contributed by atoms with Gasteiger partial charge in [-0.1, -0.05) is 0 Å². The summed E-state index contributed by atoms with van der Waals surface area (Å²) < 4.78 is 21.7. The third kappa shape index (κ3) is 1.85. The number of ether oxygens (including phenoxy) is 4. The SMILES string of the molecule is COc1ccc2c([nH]c3c(OC)ccc(OC)c32)c1OC. The van der Waals surface area contributed by atoms with Crippen LogP contribution in [0.4, 0.5) is 0 Å². The van der Waals surface area contributed by atoms with Crippen molar-refractivity contribution in [1.82, 2.24) is 4.98 Å². The number of fused-ring (bicyclic) bond motifs is 3. The molecular weight excluding hydrogens is 270 g/mol. The van der Waals surface area contributed by atoms with E-state index in [9.17, 15) is 0 Å². The Balaban J connectivity index is 2.49. The van der Waals surface area contributed by atoms with Crippen LogP contribution < -0.4 is 18.9 Å². The number of hydrogen-bond acceptors (Lipinski definition) is 4. The van der Waals surface area contributed by atoms with Gasteiger partial charge in [0.05, 0.1) is 44.9 Å². The maximum absolute atomic E-state index is 5.49. The van der Waals surface area contributed by atoms with Crippen molar-refractivity contribution in [2.24, 2.45) is 0 Å². The molecule has 0 aliphatic rings. The van der Waals surface area contributed by atoms with E-state index < -0.39 is 0 Å². The molecule has 0 amide bonds. The van der Waals surface area contributed by atoms with Crippen molar-refractivity contribution >= 4 is 21.8 Å². The zero-order valence-electron chi connectivity index (χ0n) is 12.4. The maximum atomic E-state index is 5.49. The van der Waals surface area contributed by atoms with Crippen LogP contribution in [0.25, 0.3) is 21.8 Å². The lowest BCUT2D eigenvalue weighted by Gasteiger charge is -2.08. The Labute approximate surface area is 122 Å². The Kier molecular flexibility index (Phi) is 3.25. The van der Waals surface area contributed by atoms with E-state index in [1.165, 1.54) is 0 Å². The normalized spacial score (nSPS) is 10.9. The summed E-state index contributed by atoms with van der Waals surface area (Å²) in [6.45, 7) is 0. The number of nitrogens with one attached hydrogen (secondary N) is 1. The van der Waals surface area contributed by atoms with E-state index in [1.54, 1.807) is 28.4 Å². The molecule has 110 valence electrons. The van der Waals surface area contributed by atoms with E-state index in [1.807, 2.05) is 24.3 Å². The fourth-order valence-corrected chi connectivity index (χ4v) is 2.68. The second kappa shape index (κ2) is 5.09. The molecule has 3 aromatic rings. The molecule has 1 heterocycles. The molecule has 21 heavy (non-hydrogen) atoms. The topological polar surface area (TPSA) is 52.7 Å². The molecule has 3 rings (SSSR count). The van der Waals surface area contributed by atoms with Gasteiger partial charge in [-0.25, -0.2) is 0 Å². The minimum absolute atomic E-state index is 0.662. The molecule has 1 aromatic heterocycles. The monoisotopic (exact) mass is 287 g/mol. The third-order valence-corrected chi connectivity index (χ3v) is 3.63.